The number of aromatic nitrogens is 1. The van der Waals surface area contributed by atoms with Gasteiger partial charge in [0.15, 0.2) is 5.13 Å². The van der Waals surface area contributed by atoms with E-state index in [1.165, 1.54) is 22.7 Å². The highest BCUT2D eigenvalue weighted by atomic mass is 32.1. The van der Waals surface area contributed by atoms with E-state index in [4.69, 9.17) is 0 Å². The Morgan fingerprint density at radius 1 is 1.06 bits per heavy atom. The first kappa shape index (κ1) is 23.6. The zero-order valence-electron chi connectivity index (χ0n) is 18.0. The van der Waals surface area contributed by atoms with Crippen molar-refractivity contribution in [1.29, 1.82) is 0 Å². The Morgan fingerprint density at radius 2 is 1.91 bits per heavy atom. The van der Waals surface area contributed by atoms with Crippen molar-refractivity contribution in [3.63, 3.8) is 0 Å². The minimum Gasteiger partial charge on any atom is -0.352 e. The second-order valence-corrected chi connectivity index (χ2v) is 9.28. The molecular formula is C23H26N4O3S2. The Labute approximate surface area is 195 Å². The SMILES string of the molecule is CCC(C)NC(=O)c1cccc(CNC(=O)Cc2csc(NC(=O)Cc3cccs3)n2)c1. The highest BCUT2D eigenvalue weighted by molar-refractivity contribution is 7.14. The molecule has 0 saturated heterocycles. The van der Waals surface area contributed by atoms with Crippen molar-refractivity contribution in [3.05, 3.63) is 68.9 Å². The molecule has 2 aromatic heterocycles. The first-order valence-electron chi connectivity index (χ1n) is 10.4. The highest BCUT2D eigenvalue weighted by Crippen LogP contribution is 2.17. The number of rotatable bonds is 10. The van der Waals surface area contributed by atoms with Gasteiger partial charge in [-0.15, -0.1) is 22.7 Å². The van der Waals surface area contributed by atoms with Crippen LogP contribution in [0, 0.1) is 0 Å². The molecule has 1 unspecified atom stereocenters. The van der Waals surface area contributed by atoms with E-state index < -0.39 is 0 Å². The first-order valence-corrected chi connectivity index (χ1v) is 12.1. The molecule has 7 nitrogen and oxygen atoms in total. The largest absolute Gasteiger partial charge is 0.352 e. The molecule has 0 bridgehead atoms. The summed E-state index contributed by atoms with van der Waals surface area (Å²) in [6.07, 6.45) is 1.28. The van der Waals surface area contributed by atoms with Gasteiger partial charge in [0, 0.05) is 28.4 Å². The van der Waals surface area contributed by atoms with Crippen molar-refractivity contribution in [2.75, 3.05) is 5.32 Å². The van der Waals surface area contributed by atoms with Crippen LogP contribution in [0.25, 0.3) is 0 Å². The van der Waals surface area contributed by atoms with Gasteiger partial charge in [-0.1, -0.05) is 25.1 Å². The van der Waals surface area contributed by atoms with E-state index in [9.17, 15) is 14.4 Å². The highest BCUT2D eigenvalue weighted by Gasteiger charge is 2.12. The fourth-order valence-electron chi connectivity index (χ4n) is 2.84. The molecule has 32 heavy (non-hydrogen) atoms. The van der Waals surface area contributed by atoms with Gasteiger partial charge in [0.2, 0.25) is 11.8 Å². The van der Waals surface area contributed by atoms with Crippen molar-refractivity contribution >= 4 is 45.5 Å². The molecule has 1 aromatic carbocycles. The summed E-state index contributed by atoms with van der Waals surface area (Å²) in [5.41, 5.74) is 2.01. The maximum atomic E-state index is 12.3. The average Bonchev–Trinajstić information content (AvgIpc) is 3.44. The molecule has 0 saturated carbocycles. The van der Waals surface area contributed by atoms with Crippen LogP contribution >= 0.6 is 22.7 Å². The lowest BCUT2D eigenvalue weighted by Gasteiger charge is -2.12. The lowest BCUT2D eigenvalue weighted by molar-refractivity contribution is -0.120. The summed E-state index contributed by atoms with van der Waals surface area (Å²) >= 11 is 2.83. The van der Waals surface area contributed by atoms with E-state index in [2.05, 4.69) is 20.9 Å². The molecule has 0 aliphatic carbocycles. The summed E-state index contributed by atoms with van der Waals surface area (Å²) in [5, 5.41) is 12.7. The van der Waals surface area contributed by atoms with E-state index in [1.807, 2.05) is 37.4 Å². The number of carbonyl (C=O) groups excluding carboxylic acids is 3. The number of carbonyl (C=O) groups is 3. The number of hydrogen-bond donors (Lipinski definition) is 3. The van der Waals surface area contributed by atoms with Crippen LogP contribution in [0.2, 0.25) is 0 Å². The summed E-state index contributed by atoms with van der Waals surface area (Å²) in [6, 6.07) is 11.1. The number of anilines is 1. The van der Waals surface area contributed by atoms with Gasteiger partial charge >= 0.3 is 0 Å². The topological polar surface area (TPSA) is 100 Å². The predicted octanol–water partition coefficient (Wildman–Crippen LogP) is 3.77. The van der Waals surface area contributed by atoms with Crippen molar-refractivity contribution in [2.24, 2.45) is 0 Å². The van der Waals surface area contributed by atoms with Crippen LogP contribution < -0.4 is 16.0 Å². The van der Waals surface area contributed by atoms with Gasteiger partial charge < -0.3 is 16.0 Å². The third-order valence-electron chi connectivity index (χ3n) is 4.72. The molecule has 0 aliphatic rings. The average molecular weight is 471 g/mol. The number of amides is 3. The maximum Gasteiger partial charge on any atom is 0.251 e. The van der Waals surface area contributed by atoms with Crippen molar-refractivity contribution < 1.29 is 14.4 Å². The van der Waals surface area contributed by atoms with Crippen LogP contribution in [-0.2, 0) is 29.0 Å². The molecule has 2 heterocycles. The minimum atomic E-state index is -0.179. The zero-order valence-corrected chi connectivity index (χ0v) is 19.6. The fourth-order valence-corrected chi connectivity index (χ4v) is 4.27. The van der Waals surface area contributed by atoms with Gasteiger partial charge in [-0.05, 0) is 42.5 Å². The Hall–Kier alpha value is -3.04. The number of hydrogen-bond acceptors (Lipinski definition) is 6. The van der Waals surface area contributed by atoms with Crippen LogP contribution in [-0.4, -0.2) is 28.7 Å². The molecular weight excluding hydrogens is 444 g/mol. The van der Waals surface area contributed by atoms with Crippen molar-refractivity contribution in [2.45, 2.75) is 45.7 Å². The second kappa shape index (κ2) is 11.5. The molecule has 3 aromatic rings. The lowest BCUT2D eigenvalue weighted by Crippen LogP contribution is -2.32. The van der Waals surface area contributed by atoms with E-state index in [0.29, 0.717) is 29.4 Å². The van der Waals surface area contributed by atoms with E-state index in [1.54, 1.807) is 23.6 Å². The standard InChI is InChI=1S/C23H26N4O3S2/c1-3-15(2)25-22(30)17-7-4-6-16(10-17)13-24-20(28)11-18-14-32-23(26-18)27-21(29)12-19-8-5-9-31-19/h4-10,14-15H,3,11-13H2,1-2H3,(H,24,28)(H,25,30)(H,26,27,29). The monoisotopic (exact) mass is 470 g/mol. The summed E-state index contributed by atoms with van der Waals surface area (Å²) in [6.45, 7) is 4.29. The number of thiazole rings is 1. The fraction of sp³-hybridized carbons (Fsp3) is 0.304. The van der Waals surface area contributed by atoms with Gasteiger partial charge in [-0.3, -0.25) is 14.4 Å². The molecule has 3 amide bonds. The van der Waals surface area contributed by atoms with Crippen LogP contribution in [0.15, 0.2) is 47.2 Å². The Bertz CT molecular complexity index is 1060. The van der Waals surface area contributed by atoms with E-state index in [0.717, 1.165) is 16.9 Å². The molecule has 1 atom stereocenters. The number of benzene rings is 1. The molecule has 0 radical (unpaired) electrons. The molecule has 3 rings (SSSR count). The zero-order chi connectivity index (χ0) is 22.9. The summed E-state index contributed by atoms with van der Waals surface area (Å²) in [4.78, 5) is 42.0. The molecule has 0 fully saturated rings. The normalized spacial score (nSPS) is 11.6. The van der Waals surface area contributed by atoms with Crippen molar-refractivity contribution in [1.82, 2.24) is 15.6 Å². The lowest BCUT2D eigenvalue weighted by atomic mass is 10.1. The third kappa shape index (κ3) is 7.28. The smallest absolute Gasteiger partial charge is 0.251 e. The number of thiophene rings is 1. The quantitative estimate of drug-likeness (QED) is 0.420. The van der Waals surface area contributed by atoms with Gasteiger partial charge in [0.05, 0.1) is 18.5 Å². The molecule has 9 heteroatoms. The Balaban J connectivity index is 1.46. The van der Waals surface area contributed by atoms with E-state index in [-0.39, 0.29) is 30.2 Å². The van der Waals surface area contributed by atoms with E-state index >= 15 is 0 Å². The molecule has 0 aliphatic heterocycles. The van der Waals surface area contributed by atoms with Gasteiger partial charge in [-0.25, -0.2) is 4.98 Å². The predicted molar refractivity (Wildman–Crippen MR) is 128 cm³/mol. The Morgan fingerprint density at radius 3 is 2.66 bits per heavy atom. The second-order valence-electron chi connectivity index (χ2n) is 7.38. The van der Waals surface area contributed by atoms with Crippen LogP contribution in [0.5, 0.6) is 0 Å². The molecule has 168 valence electrons. The maximum absolute atomic E-state index is 12.3. The van der Waals surface area contributed by atoms with Gasteiger partial charge in [-0.2, -0.15) is 0 Å². The first-order chi connectivity index (χ1) is 15.4. The van der Waals surface area contributed by atoms with Crippen molar-refractivity contribution in [3.8, 4) is 0 Å². The van der Waals surface area contributed by atoms with Gasteiger partial charge in [0.25, 0.3) is 5.91 Å². The minimum absolute atomic E-state index is 0.106. The van der Waals surface area contributed by atoms with Gasteiger partial charge in [0.1, 0.15) is 0 Å². The molecule has 0 spiro atoms. The Kier molecular flexibility index (Phi) is 8.52. The summed E-state index contributed by atoms with van der Waals surface area (Å²) < 4.78 is 0. The third-order valence-corrected chi connectivity index (χ3v) is 6.41. The molecule has 3 N–H and O–H groups in total. The number of nitrogens with one attached hydrogen (secondary N) is 3. The van der Waals surface area contributed by atoms with Crippen LogP contribution in [0.4, 0.5) is 5.13 Å². The summed E-state index contributed by atoms with van der Waals surface area (Å²) in [7, 11) is 0. The van der Waals surface area contributed by atoms with Crippen LogP contribution in [0.1, 0.15) is 46.8 Å². The number of nitrogens with zero attached hydrogens (tertiary/aromatic N) is 1. The van der Waals surface area contributed by atoms with Crippen LogP contribution in [0.3, 0.4) is 0 Å². The summed E-state index contributed by atoms with van der Waals surface area (Å²) in [5.74, 6) is -0.431.